The number of hydrogen-bond acceptors (Lipinski definition) is 2. The molecule has 0 N–H and O–H groups in total. The number of alkyl halides is 2. The van der Waals surface area contributed by atoms with Crippen molar-refractivity contribution in [2.24, 2.45) is 10.9 Å². The number of allylic oxidation sites excluding steroid dienone is 2. The van der Waals surface area contributed by atoms with Crippen LogP contribution in [0.2, 0.25) is 0 Å². The van der Waals surface area contributed by atoms with Crippen molar-refractivity contribution in [2.45, 2.75) is 5.79 Å². The molecule has 2 nitrogen and oxygen atoms in total. The van der Waals surface area contributed by atoms with E-state index >= 15 is 0 Å². The maximum atomic E-state index is 13.6. The van der Waals surface area contributed by atoms with Crippen LogP contribution in [0.1, 0.15) is 0 Å². The molecule has 5 heteroatoms. The molecule has 0 aromatic rings. The van der Waals surface area contributed by atoms with Gasteiger partial charge in [0.25, 0.3) is 0 Å². The minimum atomic E-state index is -2.25. The van der Waals surface area contributed by atoms with Crippen LogP contribution in [-0.2, 0) is 4.79 Å². The molecule has 0 aliphatic heterocycles. The maximum absolute atomic E-state index is 13.6. The first-order valence-corrected chi connectivity index (χ1v) is 4.06. The van der Waals surface area contributed by atoms with Crippen LogP contribution < -0.4 is 0 Å². The zero-order valence-electron chi connectivity index (χ0n) is 6.51. The molecule has 1 rings (SSSR count). The van der Waals surface area contributed by atoms with Gasteiger partial charge < -0.3 is 0 Å². The molecule has 0 heterocycles. The van der Waals surface area contributed by atoms with Crippen LogP contribution in [-0.4, -0.2) is 17.8 Å². The number of nitrogens with zero attached hydrogens (tertiary/aromatic N) is 1. The molecule has 0 fully saturated rings. The summed E-state index contributed by atoms with van der Waals surface area (Å²) in [7, 11) is 0. The zero-order chi connectivity index (χ0) is 9.90. The molecule has 70 valence electrons. The van der Waals surface area contributed by atoms with E-state index < -0.39 is 17.5 Å². The van der Waals surface area contributed by atoms with Crippen molar-refractivity contribution in [1.82, 2.24) is 0 Å². The molecule has 1 aliphatic rings. The van der Waals surface area contributed by atoms with E-state index in [4.69, 9.17) is 11.6 Å². The van der Waals surface area contributed by atoms with Gasteiger partial charge in [-0.25, -0.2) is 13.6 Å². The van der Waals surface area contributed by atoms with Gasteiger partial charge in [-0.15, -0.1) is 11.6 Å². The van der Waals surface area contributed by atoms with Crippen LogP contribution in [0.3, 0.4) is 0 Å². The third-order valence-electron chi connectivity index (χ3n) is 1.74. The molecule has 0 radical (unpaired) electrons. The first-order chi connectivity index (χ1) is 6.12. The van der Waals surface area contributed by atoms with Crippen molar-refractivity contribution in [3.63, 3.8) is 0 Å². The Morgan fingerprint density at radius 3 is 3.00 bits per heavy atom. The second-order valence-electron chi connectivity index (χ2n) is 2.58. The summed E-state index contributed by atoms with van der Waals surface area (Å²) in [6, 6.07) is 0. The van der Waals surface area contributed by atoms with Crippen molar-refractivity contribution in [3.05, 3.63) is 24.1 Å². The highest BCUT2D eigenvalue weighted by molar-refractivity contribution is 6.18. The first-order valence-electron chi connectivity index (χ1n) is 3.53. The molecule has 0 bridgehead atoms. The van der Waals surface area contributed by atoms with Crippen LogP contribution >= 0.6 is 11.6 Å². The van der Waals surface area contributed by atoms with E-state index in [0.29, 0.717) is 0 Å². The quantitative estimate of drug-likeness (QED) is 0.294. The van der Waals surface area contributed by atoms with Crippen LogP contribution in [0.15, 0.2) is 29.0 Å². The Balaban J connectivity index is 3.00. The highest BCUT2D eigenvalue weighted by Gasteiger charge is 2.37. The second-order valence-corrected chi connectivity index (χ2v) is 2.88. The SMILES string of the molecule is O=C=NC1(F)C=CC(F)=CC1CCl. The average Bonchev–Trinajstić information content (AvgIpc) is 2.10. The van der Waals surface area contributed by atoms with Gasteiger partial charge in [0.2, 0.25) is 11.9 Å². The Labute approximate surface area is 78.6 Å². The van der Waals surface area contributed by atoms with E-state index in [1.165, 1.54) is 0 Å². The highest BCUT2D eigenvalue weighted by atomic mass is 35.5. The van der Waals surface area contributed by atoms with Gasteiger partial charge in [0.15, 0.2) is 0 Å². The number of aliphatic imine (C=N–C) groups is 1. The molecule has 0 amide bonds. The van der Waals surface area contributed by atoms with Crippen molar-refractivity contribution in [2.75, 3.05) is 5.88 Å². The van der Waals surface area contributed by atoms with Gasteiger partial charge in [-0.2, -0.15) is 4.99 Å². The third-order valence-corrected chi connectivity index (χ3v) is 2.07. The van der Waals surface area contributed by atoms with Crippen LogP contribution in [0.4, 0.5) is 8.78 Å². The molecule has 0 saturated carbocycles. The van der Waals surface area contributed by atoms with Gasteiger partial charge in [0, 0.05) is 5.88 Å². The molecule has 0 spiro atoms. The lowest BCUT2D eigenvalue weighted by Crippen LogP contribution is -2.30. The normalized spacial score (nSPS) is 32.2. The van der Waals surface area contributed by atoms with Gasteiger partial charge >= 0.3 is 0 Å². The largest absolute Gasteiger partial charge is 0.238 e. The Morgan fingerprint density at radius 1 is 1.77 bits per heavy atom. The molecule has 0 aromatic heterocycles. The van der Waals surface area contributed by atoms with E-state index in [0.717, 1.165) is 24.3 Å². The summed E-state index contributed by atoms with van der Waals surface area (Å²) in [6.07, 6.45) is 3.86. The molecule has 0 saturated heterocycles. The smallest absolute Gasteiger partial charge is 0.212 e. The Bertz CT molecular complexity index is 309. The van der Waals surface area contributed by atoms with E-state index in [9.17, 15) is 13.6 Å². The Morgan fingerprint density at radius 2 is 2.46 bits per heavy atom. The second kappa shape index (κ2) is 3.81. The van der Waals surface area contributed by atoms with E-state index in [1.54, 1.807) is 0 Å². The lowest BCUT2D eigenvalue weighted by Gasteiger charge is -2.24. The van der Waals surface area contributed by atoms with Gasteiger partial charge in [0.05, 0.1) is 5.92 Å². The van der Waals surface area contributed by atoms with E-state index in [-0.39, 0.29) is 5.88 Å². The maximum Gasteiger partial charge on any atom is 0.238 e. The lowest BCUT2D eigenvalue weighted by molar-refractivity contribution is 0.185. The molecular weight excluding hydrogens is 200 g/mol. The highest BCUT2D eigenvalue weighted by Crippen LogP contribution is 2.33. The summed E-state index contributed by atoms with van der Waals surface area (Å²) in [5, 5.41) is 0. The summed E-state index contributed by atoms with van der Waals surface area (Å²) in [4.78, 5) is 12.8. The van der Waals surface area contributed by atoms with Crippen molar-refractivity contribution in [1.29, 1.82) is 0 Å². The number of isocyanates is 1. The fourth-order valence-electron chi connectivity index (χ4n) is 1.03. The fraction of sp³-hybridized carbons (Fsp3) is 0.375. The van der Waals surface area contributed by atoms with Gasteiger partial charge in [0.1, 0.15) is 5.83 Å². The molecule has 0 aromatic carbocycles. The summed E-state index contributed by atoms with van der Waals surface area (Å²) >= 11 is 5.39. The summed E-state index contributed by atoms with van der Waals surface area (Å²) in [6.45, 7) is 0. The summed E-state index contributed by atoms with van der Waals surface area (Å²) in [5.74, 6) is -3.95. The monoisotopic (exact) mass is 205 g/mol. The molecular formula is C8H6ClF2NO. The number of rotatable bonds is 2. The minimum absolute atomic E-state index is 0.153. The predicted octanol–water partition coefficient (Wildman–Crippen LogP) is 2.27. The van der Waals surface area contributed by atoms with Gasteiger partial charge in [-0.3, -0.25) is 0 Å². The standard InChI is InChI=1S/C8H6ClF2NO/c9-4-6-3-7(10)1-2-8(6,11)12-5-13/h1-3,6H,4H2. The van der Waals surface area contributed by atoms with Crippen molar-refractivity contribution in [3.8, 4) is 0 Å². The zero-order valence-corrected chi connectivity index (χ0v) is 7.26. The summed E-state index contributed by atoms with van der Waals surface area (Å²) in [5.41, 5.74) is 0. The first kappa shape index (κ1) is 10.1. The Hall–Kier alpha value is -0.990. The molecule has 2 unspecified atom stereocenters. The molecule has 13 heavy (non-hydrogen) atoms. The number of halogens is 3. The molecule has 2 atom stereocenters. The van der Waals surface area contributed by atoms with Crippen LogP contribution in [0, 0.1) is 5.92 Å². The number of carbonyl (C=O) groups excluding carboxylic acids is 1. The van der Waals surface area contributed by atoms with Crippen molar-refractivity contribution < 1.29 is 13.6 Å². The van der Waals surface area contributed by atoms with E-state index in [2.05, 4.69) is 4.99 Å². The average molecular weight is 206 g/mol. The lowest BCUT2D eigenvalue weighted by atomic mass is 9.94. The number of hydrogen-bond donors (Lipinski definition) is 0. The molecule has 1 aliphatic carbocycles. The van der Waals surface area contributed by atoms with Gasteiger partial charge in [-0.05, 0) is 18.2 Å². The van der Waals surface area contributed by atoms with Gasteiger partial charge in [-0.1, -0.05) is 0 Å². The van der Waals surface area contributed by atoms with Crippen LogP contribution in [0.25, 0.3) is 0 Å². The summed E-state index contributed by atoms with van der Waals surface area (Å²) < 4.78 is 26.2. The Kier molecular flexibility index (Phi) is 2.96. The van der Waals surface area contributed by atoms with Crippen LogP contribution in [0.5, 0.6) is 0 Å². The van der Waals surface area contributed by atoms with Crippen molar-refractivity contribution >= 4 is 17.7 Å². The fourth-order valence-corrected chi connectivity index (χ4v) is 1.33. The minimum Gasteiger partial charge on any atom is -0.212 e. The van der Waals surface area contributed by atoms with E-state index in [1.807, 2.05) is 0 Å². The predicted molar refractivity (Wildman–Crippen MR) is 44.5 cm³/mol. The topological polar surface area (TPSA) is 29.4 Å². The third kappa shape index (κ3) is 2.02.